The van der Waals surface area contributed by atoms with E-state index in [0.717, 1.165) is 37.3 Å². The van der Waals surface area contributed by atoms with Gasteiger partial charge in [-0.15, -0.1) is 0 Å². The van der Waals surface area contributed by atoms with Crippen molar-refractivity contribution in [1.82, 2.24) is 9.61 Å². The molecule has 5 nitrogen and oxygen atoms in total. The molecule has 2 aromatic rings. The third-order valence-electron chi connectivity index (χ3n) is 4.50. The van der Waals surface area contributed by atoms with Gasteiger partial charge in [0, 0.05) is 31.0 Å². The Bertz CT molecular complexity index is 659. The van der Waals surface area contributed by atoms with Gasteiger partial charge in [-0.05, 0) is 43.9 Å². The van der Waals surface area contributed by atoms with Gasteiger partial charge in [0.1, 0.15) is 0 Å². The summed E-state index contributed by atoms with van der Waals surface area (Å²) in [7, 11) is 0. The molecular weight excluding hydrogens is 280 g/mol. The van der Waals surface area contributed by atoms with Crippen molar-refractivity contribution in [3.8, 4) is 0 Å². The maximum Gasteiger partial charge on any atom is 0.340 e. The number of ether oxygens (including phenoxy) is 2. The Labute approximate surface area is 130 Å². The van der Waals surface area contributed by atoms with E-state index in [1.807, 2.05) is 29.6 Å². The van der Waals surface area contributed by atoms with E-state index in [1.54, 1.807) is 6.20 Å². The number of aromatic nitrogens is 2. The lowest BCUT2D eigenvalue weighted by Crippen LogP contribution is -2.21. The Morgan fingerprint density at radius 3 is 3.00 bits per heavy atom. The van der Waals surface area contributed by atoms with Crippen LogP contribution in [0.25, 0.3) is 5.52 Å². The van der Waals surface area contributed by atoms with Gasteiger partial charge in [-0.3, -0.25) is 0 Å². The SMILES string of the molecule is CCOC(=O)c1cc(C(C)C2CCOCC2)n2ncccc12. The van der Waals surface area contributed by atoms with Crippen molar-refractivity contribution >= 4 is 11.5 Å². The summed E-state index contributed by atoms with van der Waals surface area (Å²) in [4.78, 5) is 12.2. The van der Waals surface area contributed by atoms with Crippen LogP contribution >= 0.6 is 0 Å². The van der Waals surface area contributed by atoms with Crippen LogP contribution in [0.15, 0.2) is 24.4 Å². The molecule has 3 rings (SSSR count). The van der Waals surface area contributed by atoms with Gasteiger partial charge < -0.3 is 9.47 Å². The molecule has 0 bridgehead atoms. The summed E-state index contributed by atoms with van der Waals surface area (Å²) in [6, 6.07) is 5.71. The van der Waals surface area contributed by atoms with E-state index in [-0.39, 0.29) is 5.97 Å². The van der Waals surface area contributed by atoms with E-state index in [0.29, 0.717) is 24.0 Å². The maximum absolute atomic E-state index is 12.2. The summed E-state index contributed by atoms with van der Waals surface area (Å²) in [5.41, 5.74) is 2.49. The highest BCUT2D eigenvalue weighted by atomic mass is 16.5. The number of esters is 1. The average molecular weight is 302 g/mol. The van der Waals surface area contributed by atoms with Gasteiger partial charge in [0.15, 0.2) is 0 Å². The van der Waals surface area contributed by atoms with Crippen LogP contribution in [0, 0.1) is 5.92 Å². The van der Waals surface area contributed by atoms with Crippen LogP contribution < -0.4 is 0 Å². The molecule has 0 amide bonds. The summed E-state index contributed by atoms with van der Waals surface area (Å²) in [6.45, 7) is 6.04. The van der Waals surface area contributed by atoms with E-state index in [4.69, 9.17) is 9.47 Å². The van der Waals surface area contributed by atoms with Crippen LogP contribution in [-0.2, 0) is 9.47 Å². The maximum atomic E-state index is 12.2. The van der Waals surface area contributed by atoms with Crippen LogP contribution in [-0.4, -0.2) is 35.4 Å². The summed E-state index contributed by atoms with van der Waals surface area (Å²) in [5.74, 6) is 0.608. The van der Waals surface area contributed by atoms with Crippen LogP contribution in [0.1, 0.15) is 48.7 Å². The highest BCUT2D eigenvalue weighted by Gasteiger charge is 2.26. The fourth-order valence-corrected chi connectivity index (χ4v) is 3.22. The summed E-state index contributed by atoms with van der Waals surface area (Å²) in [5, 5.41) is 4.44. The Hall–Kier alpha value is -1.88. The second-order valence-electron chi connectivity index (χ2n) is 5.76. The third kappa shape index (κ3) is 2.73. The van der Waals surface area contributed by atoms with Gasteiger partial charge in [0.05, 0.1) is 17.7 Å². The molecule has 0 saturated carbocycles. The number of rotatable bonds is 4. The number of nitrogens with zero attached hydrogens (tertiary/aromatic N) is 2. The van der Waals surface area contributed by atoms with Crippen LogP contribution in [0.2, 0.25) is 0 Å². The molecule has 1 unspecified atom stereocenters. The van der Waals surface area contributed by atoms with Crippen molar-refractivity contribution in [2.45, 2.75) is 32.6 Å². The first kappa shape index (κ1) is 15.0. The van der Waals surface area contributed by atoms with Gasteiger partial charge in [-0.25, -0.2) is 9.31 Å². The van der Waals surface area contributed by atoms with E-state index >= 15 is 0 Å². The fourth-order valence-electron chi connectivity index (χ4n) is 3.22. The molecule has 0 N–H and O–H groups in total. The molecule has 1 aliphatic heterocycles. The lowest BCUT2D eigenvalue weighted by Gasteiger charge is -2.27. The molecular formula is C17H22N2O3. The van der Waals surface area contributed by atoms with Crippen LogP contribution in [0.4, 0.5) is 0 Å². The molecule has 0 radical (unpaired) electrons. The number of carbonyl (C=O) groups excluding carboxylic acids is 1. The zero-order chi connectivity index (χ0) is 15.5. The molecule has 3 heterocycles. The third-order valence-corrected chi connectivity index (χ3v) is 4.50. The van der Waals surface area contributed by atoms with Gasteiger partial charge in [0.2, 0.25) is 0 Å². The first-order valence-corrected chi connectivity index (χ1v) is 7.94. The Morgan fingerprint density at radius 1 is 1.50 bits per heavy atom. The fraction of sp³-hybridized carbons (Fsp3) is 0.529. The molecule has 22 heavy (non-hydrogen) atoms. The highest BCUT2D eigenvalue weighted by molar-refractivity contribution is 5.97. The molecule has 1 saturated heterocycles. The van der Waals surface area contributed by atoms with Crippen molar-refractivity contribution in [1.29, 1.82) is 0 Å². The van der Waals surface area contributed by atoms with E-state index < -0.39 is 0 Å². The van der Waals surface area contributed by atoms with Crippen molar-refractivity contribution in [3.63, 3.8) is 0 Å². The minimum Gasteiger partial charge on any atom is -0.462 e. The highest BCUT2D eigenvalue weighted by Crippen LogP contribution is 2.33. The molecule has 1 atom stereocenters. The van der Waals surface area contributed by atoms with Gasteiger partial charge in [0.25, 0.3) is 0 Å². The predicted molar refractivity (Wildman–Crippen MR) is 83.1 cm³/mol. The molecule has 0 aliphatic carbocycles. The smallest absolute Gasteiger partial charge is 0.340 e. The topological polar surface area (TPSA) is 52.8 Å². The number of hydrogen-bond donors (Lipinski definition) is 0. The molecule has 0 aromatic carbocycles. The van der Waals surface area contributed by atoms with Gasteiger partial charge in [-0.1, -0.05) is 6.92 Å². The van der Waals surface area contributed by atoms with Crippen molar-refractivity contribution in [2.24, 2.45) is 5.92 Å². The standard InChI is InChI=1S/C17H22N2O3/c1-3-22-17(20)14-11-16(19-15(14)5-4-8-18-19)12(2)13-6-9-21-10-7-13/h4-5,8,11-13H,3,6-7,9-10H2,1-2H3. The Morgan fingerprint density at radius 2 is 2.27 bits per heavy atom. The largest absolute Gasteiger partial charge is 0.462 e. The minimum absolute atomic E-state index is 0.279. The molecule has 0 spiro atoms. The Kier molecular flexibility index (Phi) is 4.43. The second kappa shape index (κ2) is 6.48. The van der Waals surface area contributed by atoms with Crippen molar-refractivity contribution in [2.75, 3.05) is 19.8 Å². The van der Waals surface area contributed by atoms with E-state index in [1.165, 1.54) is 0 Å². The van der Waals surface area contributed by atoms with Crippen LogP contribution in [0.3, 0.4) is 0 Å². The molecule has 118 valence electrons. The van der Waals surface area contributed by atoms with E-state index in [2.05, 4.69) is 12.0 Å². The summed E-state index contributed by atoms with van der Waals surface area (Å²) in [6.07, 6.45) is 3.86. The predicted octanol–water partition coefficient (Wildman–Crippen LogP) is 3.04. The number of hydrogen-bond acceptors (Lipinski definition) is 4. The second-order valence-corrected chi connectivity index (χ2v) is 5.76. The minimum atomic E-state index is -0.279. The van der Waals surface area contributed by atoms with Gasteiger partial charge >= 0.3 is 5.97 Å². The normalized spacial score (nSPS) is 17.5. The Balaban J connectivity index is 2.00. The van der Waals surface area contributed by atoms with Crippen LogP contribution in [0.5, 0.6) is 0 Å². The monoisotopic (exact) mass is 302 g/mol. The quantitative estimate of drug-likeness (QED) is 0.815. The molecule has 1 fully saturated rings. The molecule has 1 aliphatic rings. The zero-order valence-corrected chi connectivity index (χ0v) is 13.1. The number of fused-ring (bicyclic) bond motifs is 1. The average Bonchev–Trinajstić information content (AvgIpc) is 2.95. The van der Waals surface area contributed by atoms with Gasteiger partial charge in [-0.2, -0.15) is 5.10 Å². The molecule has 5 heteroatoms. The lowest BCUT2D eigenvalue weighted by molar-refractivity contribution is 0.0528. The first-order chi connectivity index (χ1) is 10.7. The van der Waals surface area contributed by atoms with Crippen molar-refractivity contribution in [3.05, 3.63) is 35.7 Å². The lowest BCUT2D eigenvalue weighted by atomic mass is 9.85. The molecule has 2 aromatic heterocycles. The number of carbonyl (C=O) groups is 1. The zero-order valence-electron chi connectivity index (χ0n) is 13.1. The van der Waals surface area contributed by atoms with E-state index in [9.17, 15) is 4.79 Å². The first-order valence-electron chi connectivity index (χ1n) is 7.94. The van der Waals surface area contributed by atoms with Crippen molar-refractivity contribution < 1.29 is 14.3 Å². The summed E-state index contributed by atoms with van der Waals surface area (Å²) < 4.78 is 12.5. The summed E-state index contributed by atoms with van der Waals surface area (Å²) >= 11 is 0.